The molecule has 3 aliphatic rings. The highest BCUT2D eigenvalue weighted by Gasteiger charge is 2.41. The van der Waals surface area contributed by atoms with Gasteiger partial charge < -0.3 is 24.9 Å². The minimum Gasteiger partial charge on any atom is -0.465 e. The number of rotatable bonds is 4. The molecule has 0 radical (unpaired) electrons. The summed E-state index contributed by atoms with van der Waals surface area (Å²) in [5.41, 5.74) is 2.50. The van der Waals surface area contributed by atoms with Crippen LogP contribution in [0, 0.1) is 0 Å². The highest BCUT2D eigenvalue weighted by Crippen LogP contribution is 2.43. The van der Waals surface area contributed by atoms with Gasteiger partial charge in [0.1, 0.15) is 12.1 Å². The maximum absolute atomic E-state index is 14.0. The van der Waals surface area contributed by atoms with Crippen molar-refractivity contribution in [1.82, 2.24) is 19.8 Å². The van der Waals surface area contributed by atoms with Crippen LogP contribution in [0.4, 0.5) is 10.6 Å². The number of hydrogen-bond donors (Lipinski definition) is 2. The number of likely N-dealkylation sites (tertiary alicyclic amines) is 1. The van der Waals surface area contributed by atoms with Gasteiger partial charge in [0.25, 0.3) is 0 Å². The molecule has 2 amide bonds. The van der Waals surface area contributed by atoms with Gasteiger partial charge in [0, 0.05) is 43.3 Å². The molecule has 1 unspecified atom stereocenters. The second-order valence-corrected chi connectivity index (χ2v) is 10.5. The third-order valence-electron chi connectivity index (χ3n) is 7.84. The molecule has 192 valence electrons. The van der Waals surface area contributed by atoms with E-state index >= 15 is 0 Å². The molecule has 2 saturated heterocycles. The van der Waals surface area contributed by atoms with Crippen LogP contribution in [0.5, 0.6) is 0 Å². The maximum Gasteiger partial charge on any atom is 0.407 e. The molecule has 2 fully saturated rings. The number of halogens is 1. The van der Waals surface area contributed by atoms with Gasteiger partial charge in [0.2, 0.25) is 5.91 Å². The molecule has 0 saturated carbocycles. The van der Waals surface area contributed by atoms with Crippen LogP contribution in [0.3, 0.4) is 0 Å². The average molecular weight is 514 g/mol. The van der Waals surface area contributed by atoms with Crippen LogP contribution in [0.25, 0.3) is 0 Å². The average Bonchev–Trinajstić information content (AvgIpc) is 3.19. The van der Waals surface area contributed by atoms with Crippen LogP contribution in [0.2, 0.25) is 5.02 Å². The van der Waals surface area contributed by atoms with Crippen molar-refractivity contribution in [3.05, 3.63) is 52.4 Å². The Kier molecular flexibility index (Phi) is 7.03. The fourth-order valence-corrected chi connectivity index (χ4v) is 6.16. The fraction of sp³-hybridized carbons (Fsp3) is 0.538. The van der Waals surface area contributed by atoms with Gasteiger partial charge in [0.05, 0.1) is 23.8 Å². The monoisotopic (exact) mass is 513 g/mol. The molecule has 4 atom stereocenters. The lowest BCUT2D eigenvalue weighted by Crippen LogP contribution is -2.55. The zero-order chi connectivity index (χ0) is 25.4. The molecule has 2 N–H and O–H groups in total. The molecule has 5 rings (SSSR count). The van der Waals surface area contributed by atoms with E-state index in [0.717, 1.165) is 29.8 Å². The van der Waals surface area contributed by atoms with Crippen molar-refractivity contribution in [2.24, 2.45) is 0 Å². The van der Waals surface area contributed by atoms with E-state index in [0.29, 0.717) is 56.3 Å². The number of piperidine rings is 1. The second kappa shape index (κ2) is 10.2. The number of fused-ring (bicyclic) bond motifs is 1. The van der Waals surface area contributed by atoms with Crippen LogP contribution in [-0.4, -0.2) is 80.7 Å². The van der Waals surface area contributed by atoms with Gasteiger partial charge in [-0.05, 0) is 49.3 Å². The smallest absolute Gasteiger partial charge is 0.407 e. The number of carbonyl (C=O) groups excluding carboxylic acids is 1. The zero-order valence-electron chi connectivity index (χ0n) is 20.4. The Balaban J connectivity index is 1.37. The predicted molar refractivity (Wildman–Crippen MR) is 135 cm³/mol. The van der Waals surface area contributed by atoms with E-state index in [2.05, 4.69) is 21.8 Å². The number of carbonyl (C=O) groups is 2. The number of nitrogens with zero attached hydrogens (tertiary/aromatic N) is 5. The van der Waals surface area contributed by atoms with Crippen LogP contribution in [0.1, 0.15) is 67.4 Å². The summed E-state index contributed by atoms with van der Waals surface area (Å²) in [6.45, 7) is 4.76. The summed E-state index contributed by atoms with van der Waals surface area (Å²) in [7, 11) is 0. The number of aliphatic hydroxyl groups is 1. The van der Waals surface area contributed by atoms with Crippen molar-refractivity contribution < 1.29 is 19.8 Å². The Morgan fingerprint density at radius 1 is 1.06 bits per heavy atom. The SMILES string of the molecule is C[C@@H]1C[C@@H](O)c2ncnc(N3CCN(C(=O)[C@@H](c4ccc(Cl)cc4)C4CCCCN4C(=O)O)CC3)c21. The Labute approximate surface area is 215 Å². The van der Waals surface area contributed by atoms with Gasteiger partial charge >= 0.3 is 6.09 Å². The third-order valence-corrected chi connectivity index (χ3v) is 8.10. The van der Waals surface area contributed by atoms with Gasteiger partial charge in [-0.25, -0.2) is 14.8 Å². The topological polar surface area (TPSA) is 110 Å². The normalized spacial score (nSPS) is 25.0. The van der Waals surface area contributed by atoms with E-state index < -0.39 is 24.2 Å². The number of carboxylic acid groups (broad SMARTS) is 1. The van der Waals surface area contributed by atoms with Crippen molar-refractivity contribution in [1.29, 1.82) is 0 Å². The summed E-state index contributed by atoms with van der Waals surface area (Å²) in [5, 5.41) is 20.8. The number of amides is 2. The molecule has 2 aromatic rings. The molecule has 10 heteroatoms. The number of aromatic nitrogens is 2. The summed E-state index contributed by atoms with van der Waals surface area (Å²) >= 11 is 6.11. The molecule has 1 aromatic carbocycles. The van der Waals surface area contributed by atoms with Crippen molar-refractivity contribution in [3.63, 3.8) is 0 Å². The highest BCUT2D eigenvalue weighted by molar-refractivity contribution is 6.30. The van der Waals surface area contributed by atoms with E-state index in [1.165, 1.54) is 11.2 Å². The minimum absolute atomic E-state index is 0.0492. The number of anilines is 1. The van der Waals surface area contributed by atoms with E-state index in [4.69, 9.17) is 11.6 Å². The van der Waals surface area contributed by atoms with Crippen LogP contribution >= 0.6 is 11.6 Å². The Hall–Kier alpha value is -2.91. The first-order chi connectivity index (χ1) is 17.3. The zero-order valence-corrected chi connectivity index (χ0v) is 21.1. The highest BCUT2D eigenvalue weighted by atomic mass is 35.5. The lowest BCUT2D eigenvalue weighted by Gasteiger charge is -2.42. The molecule has 2 aliphatic heterocycles. The quantitative estimate of drug-likeness (QED) is 0.642. The molecular weight excluding hydrogens is 482 g/mol. The van der Waals surface area contributed by atoms with E-state index in [-0.39, 0.29) is 11.8 Å². The number of aliphatic hydroxyl groups excluding tert-OH is 1. The number of benzene rings is 1. The summed E-state index contributed by atoms with van der Waals surface area (Å²) in [4.78, 5) is 40.3. The summed E-state index contributed by atoms with van der Waals surface area (Å²) in [6.07, 6.45) is 2.95. The number of piperazine rings is 1. The van der Waals surface area contributed by atoms with Gasteiger partial charge in [0.15, 0.2) is 0 Å². The van der Waals surface area contributed by atoms with Crippen LogP contribution in [-0.2, 0) is 4.79 Å². The Morgan fingerprint density at radius 2 is 1.78 bits per heavy atom. The molecular formula is C26H32ClN5O4. The minimum atomic E-state index is -0.981. The molecule has 0 spiro atoms. The number of hydrogen-bond acceptors (Lipinski definition) is 6. The van der Waals surface area contributed by atoms with E-state index in [9.17, 15) is 19.8 Å². The van der Waals surface area contributed by atoms with Gasteiger partial charge in [-0.2, -0.15) is 0 Å². The fourth-order valence-electron chi connectivity index (χ4n) is 6.03. The molecule has 0 bridgehead atoms. The Bertz CT molecular complexity index is 1120. The summed E-state index contributed by atoms with van der Waals surface area (Å²) in [6, 6.07) is 6.79. The van der Waals surface area contributed by atoms with Crippen molar-refractivity contribution in [2.45, 2.75) is 56.6 Å². The second-order valence-electron chi connectivity index (χ2n) is 10.0. The lowest BCUT2D eigenvalue weighted by atomic mass is 9.84. The van der Waals surface area contributed by atoms with Gasteiger partial charge in [-0.15, -0.1) is 0 Å². The first-order valence-corrected chi connectivity index (χ1v) is 13.0. The van der Waals surface area contributed by atoms with Crippen molar-refractivity contribution in [2.75, 3.05) is 37.6 Å². The maximum atomic E-state index is 14.0. The molecule has 1 aromatic heterocycles. The van der Waals surface area contributed by atoms with E-state index in [1.807, 2.05) is 17.0 Å². The molecule has 1 aliphatic carbocycles. The molecule has 9 nitrogen and oxygen atoms in total. The van der Waals surface area contributed by atoms with Crippen LogP contribution in [0.15, 0.2) is 30.6 Å². The van der Waals surface area contributed by atoms with E-state index in [1.54, 1.807) is 12.1 Å². The Morgan fingerprint density at radius 3 is 2.47 bits per heavy atom. The van der Waals surface area contributed by atoms with Gasteiger partial charge in [-0.3, -0.25) is 4.79 Å². The first-order valence-electron chi connectivity index (χ1n) is 12.7. The van der Waals surface area contributed by atoms with Crippen LogP contribution < -0.4 is 4.90 Å². The van der Waals surface area contributed by atoms with Crippen molar-refractivity contribution >= 4 is 29.4 Å². The lowest BCUT2D eigenvalue weighted by molar-refractivity contribution is -0.135. The largest absolute Gasteiger partial charge is 0.465 e. The standard InChI is InChI=1S/C26H32ClN5O4/c1-16-14-20(33)23-21(16)24(29-15-28-23)30-10-12-31(13-11-30)25(34)22(17-5-7-18(27)8-6-17)19-4-2-3-9-32(19)26(35)36/h5-8,15-16,19-20,22,33H,2-4,9-14H2,1H3,(H,35,36)/t16-,19?,20-,22+/m1/s1. The van der Waals surface area contributed by atoms with Gasteiger partial charge in [-0.1, -0.05) is 30.7 Å². The third kappa shape index (κ3) is 4.62. The molecule has 36 heavy (non-hydrogen) atoms. The summed E-state index contributed by atoms with van der Waals surface area (Å²) < 4.78 is 0. The van der Waals surface area contributed by atoms with Crippen molar-refractivity contribution in [3.8, 4) is 0 Å². The summed E-state index contributed by atoms with van der Waals surface area (Å²) in [5.74, 6) is 0.388. The predicted octanol–water partition coefficient (Wildman–Crippen LogP) is 3.64. The molecule has 3 heterocycles. The first kappa shape index (κ1) is 24.8.